The molecule has 0 radical (unpaired) electrons. The Morgan fingerprint density at radius 3 is 2.10 bits per heavy atom. The molecular weight excluding hydrogens is 288 g/mol. The first-order chi connectivity index (χ1) is 9.66. The molecule has 0 aromatic heterocycles. The van der Waals surface area contributed by atoms with Crippen LogP contribution < -0.4 is 10.0 Å². The van der Waals surface area contributed by atoms with Crippen molar-refractivity contribution >= 4 is 10.0 Å². The summed E-state index contributed by atoms with van der Waals surface area (Å²) >= 11 is 0. The summed E-state index contributed by atoms with van der Waals surface area (Å²) < 4.78 is 27.6. The van der Waals surface area contributed by atoms with Crippen molar-refractivity contribution in [3.63, 3.8) is 0 Å². The molecule has 0 saturated carbocycles. The first-order valence-corrected chi connectivity index (χ1v) is 8.61. The van der Waals surface area contributed by atoms with Crippen LogP contribution in [-0.2, 0) is 10.0 Å². The largest absolute Gasteiger partial charge is 0.392 e. The number of aliphatic hydroxyl groups excluding tert-OH is 1. The minimum absolute atomic E-state index is 0.293. The van der Waals surface area contributed by atoms with Gasteiger partial charge in [-0.25, -0.2) is 13.1 Å². The van der Waals surface area contributed by atoms with E-state index in [2.05, 4.69) is 10.0 Å². The predicted octanol–water partition coefficient (Wildman–Crippen LogP) is 1.17. The third-order valence-electron chi connectivity index (χ3n) is 3.60. The molecule has 0 amide bonds. The smallest absolute Gasteiger partial charge is 0.241 e. The monoisotopic (exact) mass is 314 g/mol. The molecule has 0 heterocycles. The molecule has 21 heavy (non-hydrogen) atoms. The molecule has 1 aromatic rings. The van der Waals surface area contributed by atoms with E-state index in [9.17, 15) is 8.42 Å². The molecule has 6 heteroatoms. The van der Waals surface area contributed by atoms with E-state index in [4.69, 9.17) is 5.11 Å². The van der Waals surface area contributed by atoms with E-state index in [1.807, 2.05) is 33.8 Å². The van der Waals surface area contributed by atoms with E-state index >= 15 is 0 Å². The summed E-state index contributed by atoms with van der Waals surface area (Å²) in [5.41, 5.74) is 3.54. The molecule has 5 nitrogen and oxygen atoms in total. The summed E-state index contributed by atoms with van der Waals surface area (Å²) in [7, 11) is -3.52. The molecule has 1 unspecified atom stereocenters. The Balaban J connectivity index is 2.84. The van der Waals surface area contributed by atoms with Gasteiger partial charge in [-0.05, 0) is 56.9 Å². The second-order valence-corrected chi connectivity index (χ2v) is 7.24. The number of benzene rings is 1. The van der Waals surface area contributed by atoms with Crippen molar-refractivity contribution in [3.8, 4) is 0 Å². The van der Waals surface area contributed by atoms with Crippen molar-refractivity contribution in [2.24, 2.45) is 0 Å². The average molecular weight is 314 g/mol. The Kier molecular flexibility index (Phi) is 6.34. The van der Waals surface area contributed by atoms with E-state index in [1.165, 1.54) is 0 Å². The van der Waals surface area contributed by atoms with Crippen molar-refractivity contribution in [1.82, 2.24) is 10.0 Å². The van der Waals surface area contributed by atoms with Gasteiger partial charge < -0.3 is 10.4 Å². The molecular formula is C15H26N2O3S. The van der Waals surface area contributed by atoms with Crippen LogP contribution in [0, 0.1) is 27.7 Å². The maximum absolute atomic E-state index is 12.5. The number of sulfonamides is 1. The van der Waals surface area contributed by atoms with Crippen molar-refractivity contribution in [2.75, 3.05) is 19.6 Å². The van der Waals surface area contributed by atoms with Gasteiger partial charge in [0.25, 0.3) is 0 Å². The maximum Gasteiger partial charge on any atom is 0.241 e. The topological polar surface area (TPSA) is 78.4 Å². The van der Waals surface area contributed by atoms with Gasteiger partial charge in [-0.1, -0.05) is 6.07 Å². The third-order valence-corrected chi connectivity index (χ3v) is 5.33. The molecule has 0 saturated heterocycles. The molecule has 0 bridgehead atoms. The zero-order chi connectivity index (χ0) is 16.2. The number of hydrogen-bond acceptors (Lipinski definition) is 4. The lowest BCUT2D eigenvalue weighted by Gasteiger charge is -2.16. The van der Waals surface area contributed by atoms with Crippen LogP contribution in [0.25, 0.3) is 0 Å². The number of aryl methyl sites for hydroxylation is 2. The van der Waals surface area contributed by atoms with Crippen LogP contribution in [0.1, 0.15) is 29.2 Å². The SMILES string of the molecule is Cc1cc(C)c(C)c(S(=O)(=O)NCCNCC(C)O)c1C. The van der Waals surface area contributed by atoms with Crippen molar-refractivity contribution in [3.05, 3.63) is 28.3 Å². The first-order valence-electron chi connectivity index (χ1n) is 7.12. The summed E-state index contributed by atoms with van der Waals surface area (Å²) in [4.78, 5) is 0.385. The summed E-state index contributed by atoms with van der Waals surface area (Å²) in [6, 6.07) is 2.01. The zero-order valence-electron chi connectivity index (χ0n) is 13.4. The zero-order valence-corrected chi connectivity index (χ0v) is 14.3. The summed E-state index contributed by atoms with van der Waals surface area (Å²) in [5.74, 6) is 0. The van der Waals surface area contributed by atoms with Gasteiger partial charge in [0.15, 0.2) is 0 Å². The quantitative estimate of drug-likeness (QED) is 0.660. The molecule has 0 spiro atoms. The first kappa shape index (κ1) is 18.1. The number of aliphatic hydroxyl groups is 1. The minimum Gasteiger partial charge on any atom is -0.392 e. The highest BCUT2D eigenvalue weighted by atomic mass is 32.2. The van der Waals surface area contributed by atoms with Gasteiger partial charge in [0.1, 0.15) is 0 Å². The molecule has 0 aliphatic carbocycles. The van der Waals surface area contributed by atoms with Crippen molar-refractivity contribution in [2.45, 2.75) is 45.6 Å². The molecule has 1 rings (SSSR count). The van der Waals surface area contributed by atoms with Gasteiger partial charge in [0.2, 0.25) is 10.0 Å². The summed E-state index contributed by atoms with van der Waals surface area (Å²) in [5, 5.41) is 12.1. The van der Waals surface area contributed by atoms with E-state index in [-0.39, 0.29) is 0 Å². The second-order valence-electron chi connectivity index (χ2n) is 5.54. The normalized spacial score (nSPS) is 13.4. The van der Waals surface area contributed by atoms with Gasteiger partial charge in [0, 0.05) is 19.6 Å². The Bertz CT molecular complexity index is 569. The van der Waals surface area contributed by atoms with Gasteiger partial charge in [-0.3, -0.25) is 0 Å². The summed E-state index contributed by atoms with van der Waals surface area (Å²) in [6.07, 6.45) is -0.439. The van der Waals surface area contributed by atoms with Gasteiger partial charge in [-0.15, -0.1) is 0 Å². The van der Waals surface area contributed by atoms with E-state index in [0.29, 0.717) is 24.5 Å². The van der Waals surface area contributed by atoms with Crippen LogP contribution in [0.5, 0.6) is 0 Å². The highest BCUT2D eigenvalue weighted by Crippen LogP contribution is 2.25. The molecule has 1 aromatic carbocycles. The Labute approximate surface area is 127 Å². The number of hydrogen-bond donors (Lipinski definition) is 3. The average Bonchev–Trinajstić information content (AvgIpc) is 2.35. The number of rotatable bonds is 7. The number of nitrogens with one attached hydrogen (secondary N) is 2. The molecule has 0 fully saturated rings. The second kappa shape index (κ2) is 7.35. The predicted molar refractivity (Wildman–Crippen MR) is 85.1 cm³/mol. The van der Waals surface area contributed by atoms with E-state index in [1.54, 1.807) is 6.92 Å². The van der Waals surface area contributed by atoms with Crippen molar-refractivity contribution < 1.29 is 13.5 Å². The van der Waals surface area contributed by atoms with Crippen LogP contribution in [0.2, 0.25) is 0 Å². The summed E-state index contributed by atoms with van der Waals surface area (Å²) in [6.45, 7) is 10.4. The molecule has 3 N–H and O–H groups in total. The van der Waals surface area contributed by atoms with Crippen LogP contribution in [0.15, 0.2) is 11.0 Å². The molecule has 120 valence electrons. The molecule has 0 aliphatic rings. The Hall–Kier alpha value is -0.950. The fourth-order valence-corrected chi connectivity index (χ4v) is 3.88. The Morgan fingerprint density at radius 1 is 1.10 bits per heavy atom. The van der Waals surface area contributed by atoms with Gasteiger partial charge in [-0.2, -0.15) is 0 Å². The molecule has 1 atom stereocenters. The van der Waals surface area contributed by atoms with Gasteiger partial charge in [0.05, 0.1) is 11.0 Å². The maximum atomic E-state index is 12.5. The fourth-order valence-electron chi connectivity index (χ4n) is 2.24. The highest BCUT2D eigenvalue weighted by Gasteiger charge is 2.21. The van der Waals surface area contributed by atoms with E-state index < -0.39 is 16.1 Å². The van der Waals surface area contributed by atoms with Crippen molar-refractivity contribution in [1.29, 1.82) is 0 Å². The molecule has 0 aliphatic heterocycles. The lowest BCUT2D eigenvalue weighted by Crippen LogP contribution is -2.35. The van der Waals surface area contributed by atoms with Gasteiger partial charge >= 0.3 is 0 Å². The fraction of sp³-hybridized carbons (Fsp3) is 0.600. The lowest BCUT2D eigenvalue weighted by molar-refractivity contribution is 0.192. The standard InChI is InChI=1S/C15H26N2O3S/c1-10-8-11(2)14(5)15(13(10)4)21(19,20)17-7-6-16-9-12(3)18/h8,12,16-18H,6-7,9H2,1-5H3. The highest BCUT2D eigenvalue weighted by molar-refractivity contribution is 7.89. The van der Waals surface area contributed by atoms with E-state index in [0.717, 1.165) is 22.3 Å². The Morgan fingerprint density at radius 2 is 1.62 bits per heavy atom. The van der Waals surface area contributed by atoms with Crippen LogP contribution in [0.3, 0.4) is 0 Å². The van der Waals surface area contributed by atoms with Crippen LogP contribution >= 0.6 is 0 Å². The van der Waals surface area contributed by atoms with Crippen LogP contribution in [0.4, 0.5) is 0 Å². The minimum atomic E-state index is -3.52. The van der Waals surface area contributed by atoms with Crippen LogP contribution in [-0.4, -0.2) is 39.3 Å². The third kappa shape index (κ3) is 4.78. The lowest BCUT2D eigenvalue weighted by atomic mass is 10.0.